The van der Waals surface area contributed by atoms with Gasteiger partial charge < -0.3 is 14.2 Å². The first-order valence-electron chi connectivity index (χ1n) is 12.0. The van der Waals surface area contributed by atoms with Crippen LogP contribution in [0.4, 0.5) is 5.69 Å². The number of nitrogens with one attached hydrogen (secondary N) is 1. The quantitative estimate of drug-likeness (QED) is 0.581. The summed E-state index contributed by atoms with van der Waals surface area (Å²) in [6, 6.07) is 11.2. The van der Waals surface area contributed by atoms with Crippen molar-refractivity contribution in [3.63, 3.8) is 0 Å². The number of H-pyrrole nitrogens is 1. The Balaban J connectivity index is 1.23. The van der Waals surface area contributed by atoms with Crippen molar-refractivity contribution in [2.24, 2.45) is 5.92 Å². The Labute approximate surface area is 205 Å². The standard InChI is InChI=1S/C25H31N5O4S/c1-18-5-6-19(2)22(16-18)28-12-14-29(15-13-28)25(31)20-4-3-11-30(17-20)35(32,33)24-8-7-23(34-24)21-9-10-26-27-21/h5-10,16,20H,3-4,11-15,17H2,1-2H3,(H,26,27). The predicted octanol–water partition coefficient (Wildman–Crippen LogP) is 3.04. The molecule has 35 heavy (non-hydrogen) atoms. The molecule has 1 aromatic carbocycles. The van der Waals surface area contributed by atoms with Gasteiger partial charge in [-0.1, -0.05) is 12.1 Å². The zero-order valence-corrected chi connectivity index (χ0v) is 20.9. The average Bonchev–Trinajstić information content (AvgIpc) is 3.58. The summed E-state index contributed by atoms with van der Waals surface area (Å²) < 4.78 is 33.5. The zero-order chi connectivity index (χ0) is 24.6. The van der Waals surface area contributed by atoms with Crippen LogP contribution in [-0.4, -0.2) is 73.0 Å². The van der Waals surface area contributed by atoms with E-state index in [1.165, 1.54) is 27.2 Å². The van der Waals surface area contributed by atoms with Crippen molar-refractivity contribution in [2.45, 2.75) is 31.8 Å². The van der Waals surface area contributed by atoms with Crippen LogP contribution in [0.2, 0.25) is 0 Å². The van der Waals surface area contributed by atoms with Crippen LogP contribution in [0.3, 0.4) is 0 Å². The predicted molar refractivity (Wildman–Crippen MR) is 132 cm³/mol. The molecule has 0 radical (unpaired) electrons. The lowest BCUT2D eigenvalue weighted by molar-refractivity contribution is -0.137. The highest BCUT2D eigenvalue weighted by atomic mass is 32.2. The largest absolute Gasteiger partial charge is 0.442 e. The lowest BCUT2D eigenvalue weighted by Crippen LogP contribution is -2.53. The van der Waals surface area contributed by atoms with Gasteiger partial charge in [0.2, 0.25) is 11.0 Å². The third-order valence-corrected chi connectivity index (χ3v) is 8.71. The van der Waals surface area contributed by atoms with Crippen molar-refractivity contribution in [3.05, 3.63) is 53.7 Å². The number of amides is 1. The molecule has 1 amide bonds. The second kappa shape index (κ2) is 9.50. The molecule has 186 valence electrons. The number of anilines is 1. The van der Waals surface area contributed by atoms with Crippen molar-refractivity contribution in [2.75, 3.05) is 44.2 Å². The smallest absolute Gasteiger partial charge is 0.276 e. The number of furan rings is 1. The summed E-state index contributed by atoms with van der Waals surface area (Å²) in [5, 5.41) is 6.53. The van der Waals surface area contributed by atoms with Crippen molar-refractivity contribution in [3.8, 4) is 11.5 Å². The van der Waals surface area contributed by atoms with Gasteiger partial charge in [0.15, 0.2) is 5.76 Å². The van der Waals surface area contributed by atoms with Crippen molar-refractivity contribution in [1.29, 1.82) is 0 Å². The molecule has 10 heteroatoms. The van der Waals surface area contributed by atoms with E-state index < -0.39 is 10.0 Å². The number of carbonyl (C=O) groups excluding carboxylic acids is 1. The normalized spacial score (nSPS) is 19.8. The minimum atomic E-state index is -3.83. The number of benzene rings is 1. The number of carbonyl (C=O) groups is 1. The Morgan fingerprint density at radius 3 is 2.60 bits per heavy atom. The maximum atomic E-state index is 13.3. The highest BCUT2D eigenvalue weighted by molar-refractivity contribution is 7.89. The molecule has 1 unspecified atom stereocenters. The summed E-state index contributed by atoms with van der Waals surface area (Å²) in [5.74, 6) is 0.114. The van der Waals surface area contributed by atoms with Crippen LogP contribution in [0.15, 0.2) is 52.1 Å². The van der Waals surface area contributed by atoms with E-state index in [9.17, 15) is 13.2 Å². The topological polar surface area (TPSA) is 103 Å². The Hall–Kier alpha value is -3.11. The van der Waals surface area contributed by atoms with Gasteiger partial charge in [0, 0.05) is 51.2 Å². The van der Waals surface area contributed by atoms with Crippen LogP contribution < -0.4 is 4.90 Å². The summed E-state index contributed by atoms with van der Waals surface area (Å²) in [5.41, 5.74) is 4.29. The van der Waals surface area contributed by atoms with Crippen molar-refractivity contribution < 1.29 is 17.6 Å². The molecule has 0 aliphatic carbocycles. The zero-order valence-electron chi connectivity index (χ0n) is 20.1. The number of aryl methyl sites for hydroxylation is 2. The van der Waals surface area contributed by atoms with E-state index >= 15 is 0 Å². The molecule has 0 bridgehead atoms. The van der Waals surface area contributed by atoms with Gasteiger partial charge in [-0.3, -0.25) is 9.89 Å². The molecule has 4 heterocycles. The number of hydrogen-bond acceptors (Lipinski definition) is 6. The number of piperidine rings is 1. The Kier molecular flexibility index (Phi) is 6.41. The van der Waals surface area contributed by atoms with Gasteiger partial charge in [0.05, 0.1) is 5.92 Å². The lowest BCUT2D eigenvalue weighted by atomic mass is 9.97. The van der Waals surface area contributed by atoms with Crippen LogP contribution in [0.1, 0.15) is 24.0 Å². The van der Waals surface area contributed by atoms with Gasteiger partial charge in [-0.2, -0.15) is 9.40 Å². The first-order valence-corrected chi connectivity index (χ1v) is 13.5. The second-order valence-electron chi connectivity index (χ2n) is 9.39. The maximum absolute atomic E-state index is 13.3. The van der Waals surface area contributed by atoms with Crippen molar-refractivity contribution in [1.82, 2.24) is 19.4 Å². The minimum absolute atomic E-state index is 0.0445. The van der Waals surface area contributed by atoms with Gasteiger partial charge in [-0.05, 0) is 62.1 Å². The Morgan fingerprint density at radius 1 is 1.06 bits per heavy atom. The third-order valence-electron chi connectivity index (χ3n) is 6.97. The molecule has 2 saturated heterocycles. The first-order chi connectivity index (χ1) is 16.8. The molecular weight excluding hydrogens is 466 g/mol. The van der Waals surface area contributed by atoms with Gasteiger partial charge >= 0.3 is 0 Å². The number of sulfonamides is 1. The summed E-state index contributed by atoms with van der Waals surface area (Å²) in [6.45, 7) is 7.58. The number of aromatic amines is 1. The molecule has 2 aliphatic rings. The summed E-state index contributed by atoms with van der Waals surface area (Å²) >= 11 is 0. The molecule has 1 N–H and O–H groups in total. The molecule has 1 atom stereocenters. The molecule has 2 aromatic heterocycles. The van der Waals surface area contributed by atoms with Crippen LogP contribution in [0, 0.1) is 19.8 Å². The molecule has 5 rings (SSSR count). The average molecular weight is 498 g/mol. The van der Waals surface area contributed by atoms with Crippen LogP contribution in [-0.2, 0) is 14.8 Å². The fourth-order valence-corrected chi connectivity index (χ4v) is 6.41. The second-order valence-corrected chi connectivity index (χ2v) is 11.3. The number of piperazine rings is 1. The molecule has 0 spiro atoms. The van der Waals surface area contributed by atoms with Gasteiger partial charge in [-0.25, -0.2) is 8.42 Å². The number of nitrogens with zero attached hydrogens (tertiary/aromatic N) is 4. The highest BCUT2D eigenvalue weighted by Crippen LogP contribution is 2.29. The molecule has 3 aromatic rings. The lowest BCUT2D eigenvalue weighted by Gasteiger charge is -2.39. The van der Waals surface area contributed by atoms with Crippen LogP contribution >= 0.6 is 0 Å². The third kappa shape index (κ3) is 4.72. The Morgan fingerprint density at radius 2 is 1.86 bits per heavy atom. The molecule has 0 saturated carbocycles. The Bertz CT molecular complexity index is 1290. The van der Waals surface area contributed by atoms with Crippen LogP contribution in [0.25, 0.3) is 11.5 Å². The first kappa shape index (κ1) is 23.6. The fourth-order valence-electron chi connectivity index (χ4n) is 4.97. The molecule has 9 nitrogen and oxygen atoms in total. The summed E-state index contributed by atoms with van der Waals surface area (Å²) in [7, 11) is -3.83. The molecular formula is C25H31N5O4S. The maximum Gasteiger partial charge on any atom is 0.276 e. The summed E-state index contributed by atoms with van der Waals surface area (Å²) in [4.78, 5) is 17.6. The van der Waals surface area contributed by atoms with E-state index in [1.807, 2.05) is 4.90 Å². The summed E-state index contributed by atoms with van der Waals surface area (Å²) in [6.07, 6.45) is 2.92. The van der Waals surface area contributed by atoms with Crippen molar-refractivity contribution >= 4 is 21.6 Å². The molecule has 2 fully saturated rings. The molecule has 2 aliphatic heterocycles. The van der Waals surface area contributed by atoms with Gasteiger partial charge in [0.1, 0.15) is 5.69 Å². The van der Waals surface area contributed by atoms with E-state index in [2.05, 4.69) is 47.1 Å². The van der Waals surface area contributed by atoms with E-state index in [0.29, 0.717) is 43.9 Å². The highest BCUT2D eigenvalue weighted by Gasteiger charge is 2.37. The monoisotopic (exact) mass is 497 g/mol. The van der Waals surface area contributed by atoms with E-state index in [-0.39, 0.29) is 23.5 Å². The number of aromatic nitrogens is 2. The van der Waals surface area contributed by atoms with Gasteiger partial charge in [0.25, 0.3) is 10.0 Å². The van der Waals surface area contributed by atoms with Crippen LogP contribution in [0.5, 0.6) is 0 Å². The number of hydrogen-bond donors (Lipinski definition) is 1. The number of rotatable bonds is 5. The van der Waals surface area contributed by atoms with E-state index in [0.717, 1.165) is 13.1 Å². The van der Waals surface area contributed by atoms with E-state index in [1.54, 1.807) is 18.3 Å². The fraction of sp³-hybridized carbons (Fsp3) is 0.440. The van der Waals surface area contributed by atoms with Gasteiger partial charge in [-0.15, -0.1) is 0 Å². The van der Waals surface area contributed by atoms with E-state index in [4.69, 9.17) is 4.42 Å². The minimum Gasteiger partial charge on any atom is -0.442 e. The SMILES string of the molecule is Cc1ccc(C)c(N2CCN(C(=O)C3CCCN(S(=O)(=O)c4ccc(-c5ccn[nH]5)o4)C3)CC2)c1.